The molecule has 1 heterocycles. The number of carbonyl (C=O) groups is 2. The first kappa shape index (κ1) is 18.8. The average Bonchev–Trinajstić information content (AvgIpc) is 2.97. The summed E-state index contributed by atoms with van der Waals surface area (Å²) in [5.41, 5.74) is 2.10. The third-order valence-corrected chi connectivity index (χ3v) is 4.59. The van der Waals surface area contributed by atoms with Gasteiger partial charge in [0.2, 0.25) is 5.91 Å². The summed E-state index contributed by atoms with van der Waals surface area (Å²) in [6, 6.07) is 17.0. The summed E-state index contributed by atoms with van der Waals surface area (Å²) in [6.07, 6.45) is 0.485. The van der Waals surface area contributed by atoms with Gasteiger partial charge < -0.3 is 15.0 Å². The first-order valence-corrected chi connectivity index (χ1v) is 9.13. The van der Waals surface area contributed by atoms with Crippen LogP contribution in [0.1, 0.15) is 18.1 Å². The molecule has 1 saturated heterocycles. The van der Waals surface area contributed by atoms with E-state index < -0.39 is 6.04 Å². The monoisotopic (exact) mass is 367 g/mol. The molecule has 6 nitrogen and oxygen atoms in total. The van der Waals surface area contributed by atoms with Gasteiger partial charge >= 0.3 is 6.03 Å². The second kappa shape index (κ2) is 8.58. The molecule has 142 valence electrons. The van der Waals surface area contributed by atoms with Crippen molar-refractivity contribution in [2.45, 2.75) is 26.0 Å². The van der Waals surface area contributed by atoms with Gasteiger partial charge in [0, 0.05) is 20.0 Å². The second-order valence-corrected chi connectivity index (χ2v) is 6.62. The minimum absolute atomic E-state index is 0.0364. The van der Waals surface area contributed by atoms with E-state index in [0.29, 0.717) is 26.2 Å². The predicted octanol–water partition coefficient (Wildman–Crippen LogP) is 2.64. The number of carbonyl (C=O) groups excluding carboxylic acids is 2. The Hall–Kier alpha value is -3.02. The van der Waals surface area contributed by atoms with E-state index in [9.17, 15) is 9.59 Å². The van der Waals surface area contributed by atoms with Crippen LogP contribution in [-0.2, 0) is 17.8 Å². The van der Waals surface area contributed by atoms with Gasteiger partial charge in [0.15, 0.2) is 0 Å². The van der Waals surface area contributed by atoms with Crippen molar-refractivity contribution in [1.82, 2.24) is 15.1 Å². The van der Waals surface area contributed by atoms with Crippen LogP contribution in [0.15, 0.2) is 54.6 Å². The molecule has 6 heteroatoms. The summed E-state index contributed by atoms with van der Waals surface area (Å²) < 4.78 is 5.80. The van der Waals surface area contributed by atoms with Gasteiger partial charge in [-0.2, -0.15) is 0 Å². The fourth-order valence-electron chi connectivity index (χ4n) is 3.13. The van der Waals surface area contributed by atoms with E-state index in [0.717, 1.165) is 16.9 Å². The van der Waals surface area contributed by atoms with Gasteiger partial charge in [-0.1, -0.05) is 42.5 Å². The lowest BCUT2D eigenvalue weighted by Gasteiger charge is -2.22. The van der Waals surface area contributed by atoms with Crippen molar-refractivity contribution < 1.29 is 14.3 Å². The van der Waals surface area contributed by atoms with E-state index in [4.69, 9.17) is 4.74 Å². The van der Waals surface area contributed by atoms with Crippen molar-refractivity contribution in [2.75, 3.05) is 20.3 Å². The highest BCUT2D eigenvalue weighted by molar-refractivity contribution is 5.90. The molecule has 3 rings (SSSR count). The Labute approximate surface area is 159 Å². The molecule has 1 fully saturated rings. The third kappa shape index (κ3) is 4.58. The number of likely N-dealkylation sites (N-methyl/N-ethyl adjacent to an activating group) is 1. The molecule has 0 aromatic heterocycles. The predicted molar refractivity (Wildman–Crippen MR) is 103 cm³/mol. The van der Waals surface area contributed by atoms with E-state index in [1.54, 1.807) is 16.8 Å². The Bertz CT molecular complexity index is 777. The van der Waals surface area contributed by atoms with Gasteiger partial charge in [-0.25, -0.2) is 4.79 Å². The molecule has 1 aliphatic heterocycles. The molecule has 27 heavy (non-hydrogen) atoms. The number of rotatable bonds is 6. The number of amides is 3. The summed E-state index contributed by atoms with van der Waals surface area (Å²) >= 11 is 0. The van der Waals surface area contributed by atoms with Crippen LogP contribution in [0.4, 0.5) is 4.79 Å². The quantitative estimate of drug-likeness (QED) is 0.854. The fourth-order valence-corrected chi connectivity index (χ4v) is 3.13. The minimum Gasteiger partial charge on any atom is -0.489 e. The number of nitrogens with one attached hydrogen (secondary N) is 1. The number of benzene rings is 2. The van der Waals surface area contributed by atoms with Gasteiger partial charge in [-0.15, -0.1) is 0 Å². The van der Waals surface area contributed by atoms with E-state index in [2.05, 4.69) is 5.32 Å². The van der Waals surface area contributed by atoms with Crippen LogP contribution < -0.4 is 10.1 Å². The zero-order valence-electron chi connectivity index (χ0n) is 15.7. The van der Waals surface area contributed by atoms with Crippen LogP contribution in [0.25, 0.3) is 0 Å². The Morgan fingerprint density at radius 1 is 1.11 bits per heavy atom. The molecule has 0 spiro atoms. The molecule has 2 aromatic carbocycles. The number of hydrogen-bond acceptors (Lipinski definition) is 3. The van der Waals surface area contributed by atoms with Crippen LogP contribution in [0.5, 0.6) is 5.75 Å². The smallest absolute Gasteiger partial charge is 0.319 e. The maximum Gasteiger partial charge on any atom is 0.319 e. The largest absolute Gasteiger partial charge is 0.489 e. The summed E-state index contributed by atoms with van der Waals surface area (Å²) in [5, 5.41) is 2.77. The van der Waals surface area contributed by atoms with Gasteiger partial charge in [0.25, 0.3) is 0 Å². The maximum absolute atomic E-state index is 12.4. The first-order chi connectivity index (χ1) is 13.1. The molecule has 0 bridgehead atoms. The summed E-state index contributed by atoms with van der Waals surface area (Å²) in [5.74, 6) is 0.740. The van der Waals surface area contributed by atoms with Crippen LogP contribution in [0.2, 0.25) is 0 Å². The van der Waals surface area contributed by atoms with Gasteiger partial charge in [0.1, 0.15) is 18.4 Å². The Morgan fingerprint density at radius 3 is 2.48 bits per heavy atom. The lowest BCUT2D eigenvalue weighted by molar-refractivity contribution is -0.128. The summed E-state index contributed by atoms with van der Waals surface area (Å²) in [6.45, 7) is 3.22. The van der Waals surface area contributed by atoms with Crippen molar-refractivity contribution in [3.05, 3.63) is 65.7 Å². The zero-order valence-corrected chi connectivity index (χ0v) is 15.7. The van der Waals surface area contributed by atoms with Gasteiger partial charge in [-0.3, -0.25) is 9.69 Å². The van der Waals surface area contributed by atoms with Crippen molar-refractivity contribution in [1.29, 1.82) is 0 Å². The highest BCUT2D eigenvalue weighted by Crippen LogP contribution is 2.20. The normalized spacial score (nSPS) is 16.5. The number of ether oxygens (including phenoxy) is 1. The molecular weight excluding hydrogens is 342 g/mol. The van der Waals surface area contributed by atoms with E-state index in [-0.39, 0.29) is 11.9 Å². The molecule has 0 radical (unpaired) electrons. The zero-order chi connectivity index (χ0) is 19.2. The lowest BCUT2D eigenvalue weighted by atomic mass is 10.0. The molecule has 0 aliphatic carbocycles. The van der Waals surface area contributed by atoms with Gasteiger partial charge in [-0.05, 0) is 30.2 Å². The maximum atomic E-state index is 12.4. The van der Waals surface area contributed by atoms with E-state index in [1.165, 1.54) is 0 Å². The summed E-state index contributed by atoms with van der Waals surface area (Å²) in [7, 11) is 1.72. The van der Waals surface area contributed by atoms with Crippen molar-refractivity contribution in [2.24, 2.45) is 0 Å². The Kier molecular flexibility index (Phi) is 5.96. The highest BCUT2D eigenvalue weighted by Gasteiger charge is 2.39. The average molecular weight is 367 g/mol. The molecule has 1 aliphatic rings. The lowest BCUT2D eigenvalue weighted by Crippen LogP contribution is -2.45. The van der Waals surface area contributed by atoms with Gasteiger partial charge in [0.05, 0.1) is 6.67 Å². The fraction of sp³-hybridized carbons (Fsp3) is 0.333. The first-order valence-electron chi connectivity index (χ1n) is 9.13. The topological polar surface area (TPSA) is 61.9 Å². The van der Waals surface area contributed by atoms with Crippen LogP contribution in [0.3, 0.4) is 0 Å². The van der Waals surface area contributed by atoms with Crippen molar-refractivity contribution >= 4 is 11.9 Å². The van der Waals surface area contributed by atoms with Crippen molar-refractivity contribution in [3.8, 4) is 5.75 Å². The summed E-state index contributed by atoms with van der Waals surface area (Å²) in [4.78, 5) is 27.8. The Balaban J connectivity index is 1.62. The molecule has 1 N–H and O–H groups in total. The molecule has 0 unspecified atom stereocenters. The molecule has 1 atom stereocenters. The number of hydrogen-bond donors (Lipinski definition) is 1. The standard InChI is InChI=1S/C21H25N3O3/c1-3-22-21(26)24-15-23(2)20(25)19(24)13-16-9-11-18(12-10-16)27-14-17-7-5-4-6-8-17/h4-12,19H,3,13-15H2,1-2H3,(H,22,26)/t19-/m0/s1. The molecule has 3 amide bonds. The van der Waals surface area contributed by atoms with Crippen LogP contribution >= 0.6 is 0 Å². The van der Waals surface area contributed by atoms with Crippen molar-refractivity contribution in [3.63, 3.8) is 0 Å². The minimum atomic E-state index is -0.474. The van der Waals surface area contributed by atoms with E-state index in [1.807, 2.05) is 61.5 Å². The molecule has 0 saturated carbocycles. The molecule has 2 aromatic rings. The second-order valence-electron chi connectivity index (χ2n) is 6.62. The highest BCUT2D eigenvalue weighted by atomic mass is 16.5. The third-order valence-electron chi connectivity index (χ3n) is 4.59. The van der Waals surface area contributed by atoms with E-state index >= 15 is 0 Å². The number of urea groups is 1. The SMILES string of the molecule is CCNC(=O)N1CN(C)C(=O)[C@@H]1Cc1ccc(OCc2ccccc2)cc1. The molecular formula is C21H25N3O3. The Morgan fingerprint density at radius 2 is 1.81 bits per heavy atom. The van der Waals surface area contributed by atoms with Crippen LogP contribution in [0, 0.1) is 0 Å². The number of nitrogens with zero attached hydrogens (tertiary/aromatic N) is 2. The van der Waals surface area contributed by atoms with Crippen LogP contribution in [-0.4, -0.2) is 48.0 Å².